The Morgan fingerprint density at radius 1 is 0.220 bits per heavy atom. The number of fused-ring (bicyclic) bond motifs is 12. The zero-order chi connectivity index (χ0) is 94.9. The fourth-order valence-corrected chi connectivity index (χ4v) is 17.2. The van der Waals surface area contributed by atoms with Crippen LogP contribution < -0.4 is 0 Å². The molecule has 0 saturated heterocycles. The van der Waals surface area contributed by atoms with Crippen molar-refractivity contribution in [3.63, 3.8) is 0 Å². The Labute approximate surface area is 801 Å². The molecule has 7 rings (SSSR count). The molecular formula is C120H156O10Si2. The van der Waals surface area contributed by atoms with Crippen LogP contribution in [0.15, 0.2) is 109 Å². The average Bonchev–Trinajstić information content (AvgIpc) is 0.820. The van der Waals surface area contributed by atoms with E-state index in [2.05, 4.69) is 217 Å². The first-order valence-electron chi connectivity index (χ1n) is 50.7. The van der Waals surface area contributed by atoms with Crippen molar-refractivity contribution in [1.29, 1.82) is 0 Å². The average molecular weight is 1810 g/mol. The summed E-state index contributed by atoms with van der Waals surface area (Å²) in [5, 5.41) is 6.91. The summed E-state index contributed by atoms with van der Waals surface area (Å²) in [6.07, 6.45) is 47.4. The number of carbonyl (C=O) groups is 4. The van der Waals surface area contributed by atoms with Gasteiger partial charge in [-0.1, -0.05) is 373 Å². The van der Waals surface area contributed by atoms with E-state index < -0.39 is 40.5 Å². The molecule has 132 heavy (non-hydrogen) atoms. The summed E-state index contributed by atoms with van der Waals surface area (Å²) in [4.78, 5) is 57.0. The fraction of sp³-hybridized carbons (Fsp3) is 0.533. The van der Waals surface area contributed by atoms with Crippen molar-refractivity contribution in [2.24, 2.45) is 0 Å². The lowest BCUT2D eigenvalue weighted by atomic mass is 10.1. The molecule has 0 spiro atoms. The fourth-order valence-electron chi connectivity index (χ4n) is 15.1. The molecule has 0 aliphatic heterocycles. The maximum Gasteiger partial charge on any atom is 0.338 e. The van der Waals surface area contributed by atoms with Crippen molar-refractivity contribution < 1.29 is 47.0 Å². The van der Waals surface area contributed by atoms with Crippen molar-refractivity contribution in [3.05, 3.63) is 240 Å². The predicted octanol–water partition coefficient (Wildman–Crippen LogP) is 33.0. The van der Waals surface area contributed by atoms with Crippen molar-refractivity contribution in [2.75, 3.05) is 39.6 Å². The smallest absolute Gasteiger partial charge is 0.338 e. The topological polar surface area (TPSA) is 124 Å². The molecule has 0 unspecified atom stereocenters. The van der Waals surface area contributed by atoms with Crippen LogP contribution in [0.2, 0.25) is 36.3 Å². The predicted molar refractivity (Wildman–Crippen MR) is 552 cm³/mol. The highest BCUT2D eigenvalue weighted by Crippen LogP contribution is 2.38. The molecule has 7 aromatic carbocycles. The van der Waals surface area contributed by atoms with E-state index in [9.17, 15) is 19.2 Å². The highest BCUT2D eigenvalue weighted by molar-refractivity contribution is 6.74. The lowest BCUT2D eigenvalue weighted by Gasteiger charge is -2.36. The molecule has 704 valence electrons. The Balaban J connectivity index is 1.44. The monoisotopic (exact) mass is 1810 g/mol. The molecule has 12 heteroatoms. The Bertz CT molecular complexity index is 4440. The molecule has 0 fully saturated rings. The summed E-state index contributed by atoms with van der Waals surface area (Å²) in [5.74, 6) is -1.88. The SMILES string of the molecule is CCCCCCCCCCCCOC(=O)c1cc2c#cc#cc3cc(C(=O)OCCCCCCCCCCCC)cc(c#cc4cc(CCO[Si](C)(C)C(C)(C)C)cc(c#cc5cc(C(=O)OCCCCCCCCCCCC)cc(c#cc#cc6cc(C(=O)OCCCCCCCCCCCC)cc(c#cc7cc(CCO[Si](C)(C)C(C)(C)C)cc(c#cc(c1)c2)c7)c6)c5)c4)c3. The zero-order valence-corrected chi connectivity index (χ0v) is 85.4. The number of esters is 4. The zero-order valence-electron chi connectivity index (χ0n) is 83.4. The molecule has 0 amide bonds. The van der Waals surface area contributed by atoms with Gasteiger partial charge in [-0.05, 0) is 219 Å². The van der Waals surface area contributed by atoms with Crippen molar-refractivity contribution in [2.45, 2.75) is 375 Å². The maximum atomic E-state index is 14.3. The van der Waals surface area contributed by atoms with E-state index in [1.807, 2.05) is 36.4 Å². The third-order valence-corrected chi connectivity index (χ3v) is 34.3. The molecular weight excluding hydrogens is 1660 g/mol. The van der Waals surface area contributed by atoms with Gasteiger partial charge in [0.2, 0.25) is 0 Å². The number of hydrogen-bond acceptors (Lipinski definition) is 10. The van der Waals surface area contributed by atoms with Gasteiger partial charge in [0.05, 0.1) is 48.7 Å². The number of carbonyl (C=O) groups excluding carboxylic acids is 4. The molecule has 0 atom stereocenters. The Morgan fingerprint density at radius 3 is 0.553 bits per heavy atom. The van der Waals surface area contributed by atoms with E-state index in [-0.39, 0.29) is 36.5 Å². The Kier molecular flexibility index (Phi) is 51.0. The van der Waals surface area contributed by atoms with E-state index in [0.29, 0.717) is 113 Å². The summed E-state index contributed by atoms with van der Waals surface area (Å²) in [7, 11) is -4.27. The minimum Gasteiger partial charge on any atom is -0.462 e. The van der Waals surface area contributed by atoms with Crippen LogP contribution in [0, 0.1) is 97.1 Å². The first-order chi connectivity index (χ1) is 63.7. The highest BCUT2D eigenvalue weighted by Gasteiger charge is 2.38. The van der Waals surface area contributed by atoms with Gasteiger partial charge in [-0.25, -0.2) is 19.2 Å². The third kappa shape index (κ3) is 44.3. The minimum absolute atomic E-state index is 0.000455. The molecule has 0 aliphatic carbocycles. The second-order valence-electron chi connectivity index (χ2n) is 39.0. The molecule has 10 nitrogen and oxygen atoms in total. The minimum atomic E-state index is -2.14. The van der Waals surface area contributed by atoms with Crippen molar-refractivity contribution in [1.82, 2.24) is 0 Å². The van der Waals surface area contributed by atoms with Crippen LogP contribution in [0.3, 0.4) is 0 Å². The molecule has 7 aromatic rings. The molecule has 0 aliphatic rings. The third-order valence-electron chi connectivity index (χ3n) is 25.3. The van der Waals surface area contributed by atoms with Crippen LogP contribution in [0.25, 0.3) is 64.6 Å². The van der Waals surface area contributed by atoms with E-state index in [1.54, 1.807) is 48.5 Å². The van der Waals surface area contributed by atoms with Gasteiger partial charge in [-0.15, -0.1) is 0 Å². The molecule has 0 aromatic heterocycles. The quantitative estimate of drug-likeness (QED) is 0.0158. The van der Waals surface area contributed by atoms with E-state index in [1.165, 1.54) is 180 Å². The normalized spacial score (nSPS) is 11.2. The molecule has 0 heterocycles. The second-order valence-corrected chi connectivity index (χ2v) is 48.6. The van der Waals surface area contributed by atoms with Gasteiger partial charge in [0.15, 0.2) is 16.6 Å². The van der Waals surface area contributed by atoms with Crippen molar-refractivity contribution >= 4 is 105 Å². The summed E-state index contributed by atoms with van der Waals surface area (Å²) < 4.78 is 37.5. The summed E-state index contributed by atoms with van der Waals surface area (Å²) in [6, 6.07) is 86.1. The molecule has 0 N–H and O–H groups in total. The number of benzene rings is 6. The van der Waals surface area contributed by atoms with Gasteiger partial charge >= 0.3 is 23.9 Å². The van der Waals surface area contributed by atoms with Gasteiger partial charge < -0.3 is 27.8 Å². The lowest BCUT2D eigenvalue weighted by molar-refractivity contribution is 0.0488. The van der Waals surface area contributed by atoms with E-state index in [4.69, 9.17) is 27.8 Å². The summed E-state index contributed by atoms with van der Waals surface area (Å²) >= 11 is 0. The standard InChI is InChI=1S/C120H156O10Si2/c1-15-19-23-27-31-35-39-43-47-55-73-125-115(121)111-89-97-59-51-52-60-98-80-106(94-112(90-98)116(122)126-74-56-48-44-40-36-32-28-24-20-16-2)69-65-103-84-104(88-110(87-103)72-78-130-132(13,14)120(8,9)10)66-70-108-82-100(92-114(96-108)118(124)128-76-58-50-46-42-38-34-30-26-22-18-4)62-54-53-61-99-81-107(95-113(91-99)117(123)127-75-57-49-45-41-37-33-29-25-21-17-3)68-64-102-83-101(63-67-105(79-97)93-111)85-109(86-102)71-77-129-131(11,12)119(5,6)7/h79-96H,15-50,55-58,71-78H2,1-14H3. The Hall–Kier alpha value is -9.97. The second kappa shape index (κ2) is 61.8. The van der Waals surface area contributed by atoms with E-state index >= 15 is 0 Å². The van der Waals surface area contributed by atoms with Crippen LogP contribution in [0.5, 0.6) is 0 Å². The number of hydrogen-bond donors (Lipinski definition) is 0. The largest absolute Gasteiger partial charge is 0.462 e. The van der Waals surface area contributed by atoms with Gasteiger partial charge in [0.1, 0.15) is 0 Å². The van der Waals surface area contributed by atoms with Gasteiger partial charge in [0, 0.05) is 77.8 Å². The van der Waals surface area contributed by atoms with Crippen LogP contribution in [-0.2, 0) is 40.6 Å². The maximum absolute atomic E-state index is 14.3. The highest BCUT2D eigenvalue weighted by atomic mass is 28.4. The van der Waals surface area contributed by atoms with Gasteiger partial charge in [0.25, 0.3) is 0 Å². The van der Waals surface area contributed by atoms with Crippen LogP contribution in [-0.4, -0.2) is 80.2 Å². The van der Waals surface area contributed by atoms with Gasteiger partial charge in [-0.3, -0.25) is 0 Å². The molecule has 0 saturated carbocycles. The van der Waals surface area contributed by atoms with Gasteiger partial charge in [-0.2, -0.15) is 0 Å². The van der Waals surface area contributed by atoms with Crippen LogP contribution >= 0.6 is 0 Å². The summed E-state index contributed by atoms with van der Waals surface area (Å²) in [5.41, 5.74) is 3.18. The number of rotatable bonds is 56. The first-order valence-corrected chi connectivity index (χ1v) is 56.5. The van der Waals surface area contributed by atoms with Crippen molar-refractivity contribution in [3.8, 4) is 0 Å². The van der Waals surface area contributed by atoms with E-state index in [0.717, 1.165) is 88.2 Å². The number of ether oxygens (including phenoxy) is 4. The number of unbranched alkanes of at least 4 members (excludes halogenated alkanes) is 36. The lowest BCUT2D eigenvalue weighted by Crippen LogP contribution is -2.41. The summed E-state index contributed by atoms with van der Waals surface area (Å²) in [6.45, 7) is 33.6. The molecule has 12 bridgehead atoms. The Morgan fingerprint density at radius 2 is 0.379 bits per heavy atom. The van der Waals surface area contributed by atoms with Crippen LogP contribution in [0.4, 0.5) is 0 Å². The van der Waals surface area contributed by atoms with Crippen LogP contribution in [0.1, 0.15) is 379 Å². The molecule has 0 radical (unpaired) electrons. The first kappa shape index (κ1) is 109.